The van der Waals surface area contributed by atoms with E-state index in [1.54, 1.807) is 26.0 Å². The minimum Gasteiger partial charge on any atom is -0.322 e. The topological polar surface area (TPSA) is 60.2 Å². The summed E-state index contributed by atoms with van der Waals surface area (Å²) < 4.78 is 23.2. The Balaban J connectivity index is 3.55. The van der Waals surface area contributed by atoms with Crippen LogP contribution >= 0.6 is 0 Å². The van der Waals surface area contributed by atoms with Gasteiger partial charge in [0.15, 0.2) is 9.84 Å². The third kappa shape index (κ3) is 2.79. The van der Waals surface area contributed by atoms with Crippen molar-refractivity contribution in [1.82, 2.24) is 0 Å². The van der Waals surface area contributed by atoms with E-state index in [0.29, 0.717) is 10.5 Å². The second kappa shape index (κ2) is 3.61. The summed E-state index contributed by atoms with van der Waals surface area (Å²) in [6, 6.07) is 5.32. The van der Waals surface area contributed by atoms with Gasteiger partial charge in [0.2, 0.25) is 0 Å². The number of hydrogen-bond donors (Lipinski definition) is 1. The van der Waals surface area contributed by atoms with Crippen molar-refractivity contribution in [1.29, 1.82) is 0 Å². The zero-order chi connectivity index (χ0) is 11.9. The van der Waals surface area contributed by atoms with Crippen LogP contribution in [-0.4, -0.2) is 14.7 Å². The minimum absolute atomic E-state index is 0.329. The predicted molar refractivity (Wildman–Crippen MR) is 61.5 cm³/mol. The first kappa shape index (κ1) is 12.2. The first-order valence-electron chi connectivity index (χ1n) is 4.72. The van der Waals surface area contributed by atoms with Gasteiger partial charge in [-0.3, -0.25) is 0 Å². The van der Waals surface area contributed by atoms with Crippen molar-refractivity contribution >= 4 is 9.84 Å². The molecule has 3 nitrogen and oxygen atoms in total. The summed E-state index contributed by atoms with van der Waals surface area (Å²) in [6.07, 6.45) is 1.21. The average Bonchev–Trinajstić information content (AvgIpc) is 2.00. The van der Waals surface area contributed by atoms with E-state index in [1.165, 1.54) is 6.26 Å². The molecule has 0 amide bonds. The maximum atomic E-state index is 11.6. The molecule has 0 radical (unpaired) electrons. The van der Waals surface area contributed by atoms with Crippen molar-refractivity contribution in [2.24, 2.45) is 5.73 Å². The Hall–Kier alpha value is -0.870. The lowest BCUT2D eigenvalue weighted by atomic mass is 9.95. The van der Waals surface area contributed by atoms with Crippen molar-refractivity contribution < 1.29 is 8.42 Å². The molecule has 84 valence electrons. The molecule has 4 heteroatoms. The van der Waals surface area contributed by atoms with Crippen LogP contribution in [0.3, 0.4) is 0 Å². The summed E-state index contributed by atoms with van der Waals surface area (Å²) in [6.45, 7) is 5.46. The van der Waals surface area contributed by atoms with E-state index in [4.69, 9.17) is 5.73 Å². The van der Waals surface area contributed by atoms with Crippen molar-refractivity contribution in [3.8, 4) is 0 Å². The Morgan fingerprint density at radius 3 is 2.20 bits per heavy atom. The van der Waals surface area contributed by atoms with Crippen molar-refractivity contribution in [3.05, 3.63) is 29.3 Å². The quantitative estimate of drug-likeness (QED) is 0.834. The van der Waals surface area contributed by atoms with Gasteiger partial charge in [0.25, 0.3) is 0 Å². The highest BCUT2D eigenvalue weighted by Crippen LogP contribution is 2.26. The van der Waals surface area contributed by atoms with E-state index >= 15 is 0 Å². The average molecular weight is 227 g/mol. The monoisotopic (exact) mass is 227 g/mol. The van der Waals surface area contributed by atoms with Crippen LogP contribution in [0.2, 0.25) is 0 Å². The Morgan fingerprint density at radius 1 is 1.27 bits per heavy atom. The van der Waals surface area contributed by atoms with Crippen LogP contribution < -0.4 is 5.73 Å². The zero-order valence-corrected chi connectivity index (χ0v) is 10.4. The molecule has 0 aromatic heterocycles. The lowest BCUT2D eigenvalue weighted by molar-refractivity contribution is 0.535. The van der Waals surface area contributed by atoms with E-state index in [2.05, 4.69) is 0 Å². The van der Waals surface area contributed by atoms with Crippen LogP contribution in [0.15, 0.2) is 23.1 Å². The molecule has 1 rings (SSSR count). The lowest BCUT2D eigenvalue weighted by Crippen LogP contribution is -2.30. The number of aryl methyl sites for hydroxylation is 1. The predicted octanol–water partition coefficient (Wildman–Crippen LogP) is 1.59. The molecule has 2 N–H and O–H groups in total. The number of sulfone groups is 1. The van der Waals surface area contributed by atoms with Crippen LogP contribution in [0.1, 0.15) is 25.0 Å². The summed E-state index contributed by atoms with van der Waals surface area (Å²) in [4.78, 5) is 0.329. The Kier molecular flexibility index (Phi) is 2.94. The Morgan fingerprint density at radius 2 is 1.80 bits per heavy atom. The maximum absolute atomic E-state index is 11.6. The van der Waals surface area contributed by atoms with Gasteiger partial charge < -0.3 is 5.73 Å². The molecule has 1 aromatic rings. The summed E-state index contributed by atoms with van der Waals surface area (Å²) >= 11 is 0. The van der Waals surface area contributed by atoms with Gasteiger partial charge in [0.05, 0.1) is 4.90 Å². The number of rotatable bonds is 2. The molecule has 0 saturated heterocycles. The molecule has 0 heterocycles. The summed E-state index contributed by atoms with van der Waals surface area (Å²) in [7, 11) is -3.22. The normalized spacial score (nSPS) is 12.9. The lowest BCUT2D eigenvalue weighted by Gasteiger charge is -2.22. The fourth-order valence-corrected chi connectivity index (χ4v) is 2.60. The van der Waals surface area contributed by atoms with E-state index < -0.39 is 15.4 Å². The first-order valence-corrected chi connectivity index (χ1v) is 6.61. The number of nitrogens with two attached hydrogens (primary N) is 1. The summed E-state index contributed by atoms with van der Waals surface area (Å²) in [5, 5.41) is 0. The van der Waals surface area contributed by atoms with Gasteiger partial charge in [0.1, 0.15) is 0 Å². The van der Waals surface area contributed by atoms with E-state index in [0.717, 1.165) is 5.56 Å². The second-order valence-corrected chi connectivity index (χ2v) is 6.48. The van der Waals surface area contributed by atoms with Crippen LogP contribution in [-0.2, 0) is 15.4 Å². The third-order valence-corrected chi connectivity index (χ3v) is 3.37. The minimum atomic E-state index is -3.22. The second-order valence-electron chi connectivity index (χ2n) is 4.49. The highest BCUT2D eigenvalue weighted by molar-refractivity contribution is 7.90. The number of hydrogen-bond acceptors (Lipinski definition) is 3. The maximum Gasteiger partial charge on any atom is 0.175 e. The fourth-order valence-electron chi connectivity index (χ4n) is 1.47. The molecule has 0 saturated carbocycles. The van der Waals surface area contributed by atoms with Crippen LogP contribution in [0, 0.1) is 6.92 Å². The Labute approximate surface area is 91.2 Å². The molecule has 0 unspecified atom stereocenters. The van der Waals surface area contributed by atoms with Crippen molar-refractivity contribution in [2.45, 2.75) is 31.2 Å². The van der Waals surface area contributed by atoms with Gasteiger partial charge in [-0.15, -0.1) is 0 Å². The van der Waals surface area contributed by atoms with Gasteiger partial charge in [-0.1, -0.05) is 12.1 Å². The van der Waals surface area contributed by atoms with Crippen molar-refractivity contribution in [3.63, 3.8) is 0 Å². The zero-order valence-electron chi connectivity index (χ0n) is 9.53. The summed E-state index contributed by atoms with van der Waals surface area (Å²) in [5.74, 6) is 0. The van der Waals surface area contributed by atoms with Crippen LogP contribution in [0.4, 0.5) is 0 Å². The third-order valence-electron chi connectivity index (χ3n) is 2.23. The molecular formula is C11H17NO2S. The fraction of sp³-hybridized carbons (Fsp3) is 0.455. The molecule has 0 aliphatic carbocycles. The molecule has 0 atom stereocenters. The first-order chi connectivity index (χ1) is 6.62. The Bertz CT molecular complexity index is 470. The molecule has 1 aromatic carbocycles. The molecule has 0 spiro atoms. The van der Waals surface area contributed by atoms with Gasteiger partial charge in [-0.05, 0) is 38.0 Å². The van der Waals surface area contributed by atoms with Crippen molar-refractivity contribution in [2.75, 3.05) is 6.26 Å². The van der Waals surface area contributed by atoms with E-state index in [9.17, 15) is 8.42 Å². The molecule has 15 heavy (non-hydrogen) atoms. The standard InChI is InChI=1S/C11H17NO2S/c1-8-5-6-9(11(2,3)12)10(7-8)15(4,13)14/h5-7H,12H2,1-4H3. The number of benzene rings is 1. The molecular weight excluding hydrogens is 210 g/mol. The largest absolute Gasteiger partial charge is 0.322 e. The summed E-state index contributed by atoms with van der Waals surface area (Å²) in [5.41, 5.74) is 6.88. The molecule has 0 aliphatic rings. The van der Waals surface area contributed by atoms with Gasteiger partial charge in [-0.25, -0.2) is 8.42 Å². The molecule has 0 aliphatic heterocycles. The molecule has 0 fully saturated rings. The van der Waals surface area contributed by atoms with Crippen LogP contribution in [0.5, 0.6) is 0 Å². The van der Waals surface area contributed by atoms with Gasteiger partial charge >= 0.3 is 0 Å². The van der Waals surface area contributed by atoms with E-state index in [1.807, 2.05) is 13.0 Å². The van der Waals surface area contributed by atoms with Crippen LogP contribution in [0.25, 0.3) is 0 Å². The molecule has 0 bridgehead atoms. The highest BCUT2D eigenvalue weighted by Gasteiger charge is 2.23. The smallest absolute Gasteiger partial charge is 0.175 e. The van der Waals surface area contributed by atoms with Gasteiger partial charge in [-0.2, -0.15) is 0 Å². The SMILES string of the molecule is Cc1ccc(C(C)(C)N)c(S(C)(=O)=O)c1. The highest BCUT2D eigenvalue weighted by atomic mass is 32.2. The van der Waals surface area contributed by atoms with E-state index in [-0.39, 0.29) is 0 Å². The van der Waals surface area contributed by atoms with Gasteiger partial charge in [0, 0.05) is 11.8 Å².